The van der Waals surface area contributed by atoms with Crippen molar-refractivity contribution in [2.45, 2.75) is 45.8 Å². The molecule has 2 unspecified atom stereocenters. The molecule has 0 saturated carbocycles. The summed E-state index contributed by atoms with van der Waals surface area (Å²) in [5.41, 5.74) is 1.01. The van der Waals surface area contributed by atoms with Gasteiger partial charge in [-0.25, -0.2) is 9.78 Å². The van der Waals surface area contributed by atoms with Crippen molar-refractivity contribution < 1.29 is 14.5 Å². The molecule has 0 aliphatic carbocycles. The number of ether oxygens (including phenoxy) is 1. The number of hydrogen-bond acceptors (Lipinski definition) is 5. The van der Waals surface area contributed by atoms with Gasteiger partial charge in [-0.3, -0.25) is 0 Å². The summed E-state index contributed by atoms with van der Waals surface area (Å²) in [6, 6.07) is 23.3. The molecule has 6 rings (SSSR count). The Balaban J connectivity index is 1.58. The lowest BCUT2D eigenvalue weighted by molar-refractivity contribution is -0.485. The highest BCUT2D eigenvalue weighted by Gasteiger charge is 2.41. The molecule has 0 amide bonds. The van der Waals surface area contributed by atoms with Crippen LogP contribution in [0.25, 0.3) is 43.1 Å². The van der Waals surface area contributed by atoms with E-state index in [0.29, 0.717) is 5.56 Å². The molecular weight excluding hydrogens is 424 g/mol. The molecule has 1 fully saturated rings. The summed E-state index contributed by atoms with van der Waals surface area (Å²) in [5.74, 6) is 0.159. The average molecular weight is 451 g/mol. The van der Waals surface area contributed by atoms with Crippen molar-refractivity contribution in [1.82, 2.24) is 0 Å². The molecule has 34 heavy (non-hydrogen) atoms. The molecule has 1 N–H and O–H groups in total. The predicted molar refractivity (Wildman–Crippen MR) is 136 cm³/mol. The van der Waals surface area contributed by atoms with Crippen LogP contribution in [0.1, 0.15) is 33.3 Å². The van der Waals surface area contributed by atoms with Gasteiger partial charge in [-0.15, -0.1) is 0 Å². The summed E-state index contributed by atoms with van der Waals surface area (Å²) >= 11 is 0. The van der Waals surface area contributed by atoms with E-state index in [0.717, 1.165) is 32.6 Å². The van der Waals surface area contributed by atoms with Gasteiger partial charge in [-0.2, -0.15) is 5.26 Å². The lowest BCUT2D eigenvalue weighted by Gasteiger charge is -2.42. The van der Waals surface area contributed by atoms with Gasteiger partial charge in [0.25, 0.3) is 0 Å². The first kappa shape index (κ1) is 21.1. The van der Waals surface area contributed by atoms with E-state index in [1.54, 1.807) is 0 Å². The molecule has 1 aliphatic rings. The van der Waals surface area contributed by atoms with Gasteiger partial charge < -0.3 is 10.1 Å². The Morgan fingerprint density at radius 1 is 0.824 bits per heavy atom. The van der Waals surface area contributed by atoms with Crippen LogP contribution in [0.15, 0.2) is 60.7 Å². The van der Waals surface area contributed by atoms with Crippen LogP contribution in [0.4, 0.5) is 5.69 Å². The van der Waals surface area contributed by atoms with Crippen LogP contribution in [0.2, 0.25) is 0 Å². The van der Waals surface area contributed by atoms with Crippen molar-refractivity contribution in [2.75, 3.05) is 5.32 Å². The minimum atomic E-state index is -0.670. The van der Waals surface area contributed by atoms with E-state index in [9.17, 15) is 5.26 Å². The van der Waals surface area contributed by atoms with Crippen LogP contribution < -0.4 is 5.32 Å². The van der Waals surface area contributed by atoms with E-state index in [4.69, 9.17) is 14.5 Å². The second-order valence-corrected chi connectivity index (χ2v) is 9.95. The zero-order valence-corrected chi connectivity index (χ0v) is 19.7. The second-order valence-electron chi connectivity index (χ2n) is 9.95. The lowest BCUT2D eigenvalue weighted by Crippen LogP contribution is -2.54. The molecule has 2 atom stereocenters. The van der Waals surface area contributed by atoms with Gasteiger partial charge in [0.1, 0.15) is 5.60 Å². The molecule has 5 aromatic rings. The molecule has 5 aromatic carbocycles. The van der Waals surface area contributed by atoms with Gasteiger partial charge in [-0.1, -0.05) is 62.4 Å². The topological polar surface area (TPSA) is 63.5 Å². The number of rotatable bonds is 3. The van der Waals surface area contributed by atoms with Crippen LogP contribution in [0.5, 0.6) is 0 Å². The van der Waals surface area contributed by atoms with E-state index < -0.39 is 11.9 Å². The van der Waals surface area contributed by atoms with Gasteiger partial charge in [-0.05, 0) is 58.3 Å². The first-order valence-electron chi connectivity index (χ1n) is 11.7. The fourth-order valence-corrected chi connectivity index (χ4v) is 5.09. The smallest absolute Gasteiger partial charge is 0.196 e. The number of nitriles is 1. The standard InChI is InChI=1S/C29H26N2O3/c1-16(2)27-32-28(29(3,4)34-33-27)31-24-14-13-22-19-8-5-7-18-17(15-30)11-12-21(25(18)19)20-9-6-10-23(24)26(20)22/h5-14,16,27-28,31H,1-4H3. The van der Waals surface area contributed by atoms with E-state index in [1.807, 2.05) is 45.9 Å². The molecule has 1 aliphatic heterocycles. The second kappa shape index (κ2) is 7.54. The largest absolute Gasteiger partial charge is 0.357 e. The Morgan fingerprint density at radius 2 is 1.41 bits per heavy atom. The molecule has 170 valence electrons. The highest BCUT2D eigenvalue weighted by molar-refractivity contribution is 6.34. The van der Waals surface area contributed by atoms with Gasteiger partial charge in [0.2, 0.25) is 0 Å². The zero-order valence-electron chi connectivity index (χ0n) is 19.7. The van der Waals surface area contributed by atoms with E-state index >= 15 is 0 Å². The minimum absolute atomic E-state index is 0.159. The normalized spacial score (nSPS) is 20.5. The molecule has 0 spiro atoms. The number of anilines is 1. The fourth-order valence-electron chi connectivity index (χ4n) is 5.09. The van der Waals surface area contributed by atoms with Crippen LogP contribution in [-0.4, -0.2) is 18.1 Å². The molecule has 0 aromatic heterocycles. The molecule has 0 bridgehead atoms. The number of hydrogen-bond donors (Lipinski definition) is 1. The van der Waals surface area contributed by atoms with Crippen molar-refractivity contribution in [3.8, 4) is 6.07 Å². The molecular formula is C29H26N2O3. The number of nitrogens with one attached hydrogen (secondary N) is 1. The number of fused-ring (bicyclic) bond motifs is 2. The van der Waals surface area contributed by atoms with Crippen molar-refractivity contribution in [3.05, 3.63) is 66.2 Å². The van der Waals surface area contributed by atoms with Crippen molar-refractivity contribution in [1.29, 1.82) is 5.26 Å². The highest BCUT2D eigenvalue weighted by Crippen LogP contribution is 2.43. The van der Waals surface area contributed by atoms with Gasteiger partial charge >= 0.3 is 0 Å². The summed E-state index contributed by atoms with van der Waals surface area (Å²) < 4.78 is 6.26. The monoisotopic (exact) mass is 450 g/mol. The summed E-state index contributed by atoms with van der Waals surface area (Å²) in [7, 11) is 0. The summed E-state index contributed by atoms with van der Waals surface area (Å²) in [4.78, 5) is 11.2. The Morgan fingerprint density at radius 3 is 2.09 bits per heavy atom. The maximum atomic E-state index is 9.65. The zero-order chi connectivity index (χ0) is 23.6. The Kier molecular flexibility index (Phi) is 4.69. The van der Waals surface area contributed by atoms with Gasteiger partial charge in [0, 0.05) is 22.4 Å². The Bertz CT molecular complexity index is 1580. The van der Waals surface area contributed by atoms with Crippen molar-refractivity contribution in [2.24, 2.45) is 5.92 Å². The van der Waals surface area contributed by atoms with Crippen LogP contribution in [-0.2, 0) is 14.5 Å². The first-order valence-corrected chi connectivity index (χ1v) is 11.7. The third-order valence-corrected chi connectivity index (χ3v) is 6.87. The molecule has 5 heteroatoms. The van der Waals surface area contributed by atoms with E-state index in [1.165, 1.54) is 16.2 Å². The van der Waals surface area contributed by atoms with E-state index in [-0.39, 0.29) is 12.1 Å². The van der Waals surface area contributed by atoms with Crippen molar-refractivity contribution in [3.63, 3.8) is 0 Å². The van der Waals surface area contributed by atoms with E-state index in [2.05, 4.69) is 53.9 Å². The summed E-state index contributed by atoms with van der Waals surface area (Å²) in [6.45, 7) is 8.00. The van der Waals surface area contributed by atoms with Crippen LogP contribution >= 0.6 is 0 Å². The number of nitrogens with zero attached hydrogens (tertiary/aromatic N) is 1. The third-order valence-electron chi connectivity index (χ3n) is 6.87. The average Bonchev–Trinajstić information content (AvgIpc) is 2.83. The third kappa shape index (κ3) is 3.04. The molecule has 1 saturated heterocycles. The predicted octanol–water partition coefficient (Wildman–Crippen LogP) is 7.09. The molecule has 1 heterocycles. The summed E-state index contributed by atoms with van der Waals surface area (Å²) in [6.07, 6.45) is -0.826. The molecule has 0 radical (unpaired) electrons. The molecule has 5 nitrogen and oxygen atoms in total. The quantitative estimate of drug-likeness (QED) is 0.181. The lowest BCUT2D eigenvalue weighted by atomic mass is 9.88. The Labute approximate surface area is 198 Å². The van der Waals surface area contributed by atoms with Crippen LogP contribution in [0.3, 0.4) is 0 Å². The first-order chi connectivity index (χ1) is 16.4. The Hall–Kier alpha value is -3.43. The number of benzene rings is 5. The minimum Gasteiger partial charge on any atom is -0.357 e. The van der Waals surface area contributed by atoms with Crippen molar-refractivity contribution >= 4 is 48.8 Å². The van der Waals surface area contributed by atoms with Gasteiger partial charge in [0.15, 0.2) is 12.5 Å². The fraction of sp³-hybridized carbons (Fsp3) is 0.276. The highest BCUT2D eigenvalue weighted by atomic mass is 17.2. The van der Waals surface area contributed by atoms with Crippen LogP contribution in [0, 0.1) is 17.2 Å². The maximum Gasteiger partial charge on any atom is 0.196 e. The summed E-state index contributed by atoms with van der Waals surface area (Å²) in [5, 5.41) is 22.4. The van der Waals surface area contributed by atoms with Gasteiger partial charge in [0.05, 0.1) is 11.6 Å². The maximum absolute atomic E-state index is 9.65. The SMILES string of the molecule is CC(C)C1OOC(C)(C)C(Nc2ccc3c4cccc5c(C#N)ccc(c6cccc2c63)c54)O1.